The van der Waals surface area contributed by atoms with Crippen LogP contribution in [-0.2, 0) is 11.3 Å². The van der Waals surface area contributed by atoms with Crippen LogP contribution in [0, 0.1) is 18.6 Å². The highest BCUT2D eigenvalue weighted by Gasteiger charge is 2.25. The van der Waals surface area contributed by atoms with Crippen molar-refractivity contribution in [2.75, 3.05) is 13.1 Å². The number of amides is 1. The molecule has 0 bridgehead atoms. The minimum Gasteiger partial charge on any atom is -0.441 e. The zero-order chi connectivity index (χ0) is 17.3. The molecule has 1 aliphatic heterocycles. The van der Waals surface area contributed by atoms with Crippen molar-refractivity contribution in [3.63, 3.8) is 0 Å². The van der Waals surface area contributed by atoms with E-state index in [1.165, 1.54) is 19.1 Å². The highest BCUT2D eigenvalue weighted by molar-refractivity contribution is 5.73. The van der Waals surface area contributed by atoms with Gasteiger partial charge in [-0.1, -0.05) is 6.07 Å². The topological polar surface area (TPSA) is 58.4 Å². The van der Waals surface area contributed by atoms with Crippen LogP contribution < -0.4 is 5.32 Å². The molecule has 0 unspecified atom stereocenters. The van der Waals surface area contributed by atoms with E-state index in [1.54, 1.807) is 6.92 Å². The van der Waals surface area contributed by atoms with Crippen LogP contribution in [0.3, 0.4) is 0 Å². The lowest BCUT2D eigenvalue weighted by Crippen LogP contribution is -2.35. The predicted molar refractivity (Wildman–Crippen MR) is 84.1 cm³/mol. The summed E-state index contributed by atoms with van der Waals surface area (Å²) in [5.74, 6) is -1.27. The number of rotatable bonds is 4. The van der Waals surface area contributed by atoms with Crippen molar-refractivity contribution >= 4 is 5.91 Å². The van der Waals surface area contributed by atoms with Crippen LogP contribution in [0.4, 0.5) is 8.78 Å². The van der Waals surface area contributed by atoms with Gasteiger partial charge in [0.2, 0.25) is 11.8 Å². The lowest BCUT2D eigenvalue weighted by atomic mass is 10.2. The highest BCUT2D eigenvalue weighted by Crippen LogP contribution is 2.26. The number of hydrogen-bond acceptors (Lipinski definition) is 4. The Morgan fingerprint density at radius 2 is 2.25 bits per heavy atom. The fraction of sp³-hybridized carbons (Fsp3) is 0.412. The van der Waals surface area contributed by atoms with E-state index >= 15 is 0 Å². The largest absolute Gasteiger partial charge is 0.441 e. The van der Waals surface area contributed by atoms with Crippen molar-refractivity contribution in [1.82, 2.24) is 15.2 Å². The zero-order valence-electron chi connectivity index (χ0n) is 13.6. The molecule has 0 radical (unpaired) electrons. The molecule has 7 heteroatoms. The molecule has 1 N–H and O–H groups in total. The second-order valence-corrected chi connectivity index (χ2v) is 6.04. The number of hydrogen-bond donors (Lipinski definition) is 1. The molecular formula is C17H19F2N3O2. The molecule has 1 amide bonds. The third-order valence-corrected chi connectivity index (χ3v) is 4.13. The maximum Gasteiger partial charge on any atom is 0.229 e. The smallest absolute Gasteiger partial charge is 0.229 e. The fourth-order valence-corrected chi connectivity index (χ4v) is 2.95. The van der Waals surface area contributed by atoms with Gasteiger partial charge in [0.05, 0.1) is 11.3 Å². The van der Waals surface area contributed by atoms with Crippen molar-refractivity contribution in [2.24, 2.45) is 0 Å². The minimum absolute atomic E-state index is 0.0156. The first-order chi connectivity index (χ1) is 11.4. The molecule has 0 spiro atoms. The first-order valence-corrected chi connectivity index (χ1v) is 7.84. The number of oxazole rings is 1. The average Bonchev–Trinajstić information content (AvgIpc) is 3.09. The number of aryl methyl sites for hydroxylation is 1. The second-order valence-electron chi connectivity index (χ2n) is 6.04. The summed E-state index contributed by atoms with van der Waals surface area (Å²) in [6, 6.07) is 4.05. The zero-order valence-corrected chi connectivity index (χ0v) is 13.6. The molecule has 2 aromatic rings. The molecular weight excluding hydrogens is 316 g/mol. The van der Waals surface area contributed by atoms with Gasteiger partial charge in [0.25, 0.3) is 0 Å². The van der Waals surface area contributed by atoms with Gasteiger partial charge in [-0.15, -0.1) is 0 Å². The van der Waals surface area contributed by atoms with Crippen molar-refractivity contribution in [1.29, 1.82) is 0 Å². The van der Waals surface area contributed by atoms with E-state index < -0.39 is 11.6 Å². The van der Waals surface area contributed by atoms with Crippen LogP contribution in [0.15, 0.2) is 22.6 Å². The Morgan fingerprint density at radius 3 is 3.00 bits per heavy atom. The third kappa shape index (κ3) is 3.46. The molecule has 1 aromatic heterocycles. The van der Waals surface area contributed by atoms with E-state index in [9.17, 15) is 13.6 Å². The number of nitrogens with one attached hydrogen (secondary N) is 1. The fourth-order valence-electron chi connectivity index (χ4n) is 2.95. The average molecular weight is 335 g/mol. The van der Waals surface area contributed by atoms with Gasteiger partial charge in [-0.2, -0.15) is 0 Å². The Bertz CT molecular complexity index is 760. The van der Waals surface area contributed by atoms with Gasteiger partial charge < -0.3 is 9.73 Å². The van der Waals surface area contributed by atoms with Crippen molar-refractivity contribution < 1.29 is 18.0 Å². The molecule has 1 saturated heterocycles. The lowest BCUT2D eigenvalue weighted by molar-refractivity contribution is -0.119. The second kappa shape index (κ2) is 6.68. The number of carbonyl (C=O) groups is 1. The lowest BCUT2D eigenvalue weighted by Gasteiger charge is -2.15. The first-order valence-electron chi connectivity index (χ1n) is 7.84. The Balaban J connectivity index is 1.73. The molecule has 3 rings (SSSR count). The van der Waals surface area contributed by atoms with Crippen LogP contribution in [0.2, 0.25) is 0 Å². The van der Waals surface area contributed by atoms with E-state index in [1.807, 2.05) is 0 Å². The molecule has 1 aliphatic rings. The maximum absolute atomic E-state index is 13.9. The predicted octanol–water partition coefficient (Wildman–Crippen LogP) is 2.64. The Morgan fingerprint density at radius 1 is 1.46 bits per heavy atom. The van der Waals surface area contributed by atoms with Crippen molar-refractivity contribution in [3.8, 4) is 11.5 Å². The van der Waals surface area contributed by atoms with Gasteiger partial charge in [-0.3, -0.25) is 9.69 Å². The standard InChI is InChI=1S/C17H19F2N3O2/c1-10-15(9-22-7-6-12(8-22)20-11(2)23)21-17(24-10)13-4-3-5-14(18)16(13)19/h3-5,12H,6-9H2,1-2H3,(H,20,23)/t12-/m1/s1. The summed E-state index contributed by atoms with van der Waals surface area (Å²) in [6.45, 7) is 5.37. The summed E-state index contributed by atoms with van der Waals surface area (Å²) < 4.78 is 32.8. The first kappa shape index (κ1) is 16.6. The number of benzene rings is 1. The van der Waals surface area contributed by atoms with E-state index in [0.717, 1.165) is 25.6 Å². The normalized spacial score (nSPS) is 18.1. The van der Waals surface area contributed by atoms with Crippen LogP contribution >= 0.6 is 0 Å². The molecule has 1 atom stereocenters. The summed E-state index contributed by atoms with van der Waals surface area (Å²) >= 11 is 0. The molecule has 5 nitrogen and oxygen atoms in total. The molecule has 0 saturated carbocycles. The van der Waals surface area contributed by atoms with Crippen LogP contribution in [-0.4, -0.2) is 34.9 Å². The minimum atomic E-state index is -0.961. The SMILES string of the molecule is CC(=O)N[C@@H]1CCN(Cc2nc(-c3cccc(F)c3F)oc2C)C1. The maximum atomic E-state index is 13.9. The molecule has 24 heavy (non-hydrogen) atoms. The van der Waals surface area contributed by atoms with Gasteiger partial charge in [-0.05, 0) is 25.5 Å². The van der Waals surface area contributed by atoms with Gasteiger partial charge in [0.1, 0.15) is 5.76 Å². The Kier molecular flexibility index (Phi) is 4.62. The number of likely N-dealkylation sites (tertiary alicyclic amines) is 1. The van der Waals surface area contributed by atoms with Crippen LogP contribution in [0.1, 0.15) is 24.8 Å². The third-order valence-electron chi connectivity index (χ3n) is 4.13. The van der Waals surface area contributed by atoms with E-state index in [4.69, 9.17) is 4.42 Å². The summed E-state index contributed by atoms with van der Waals surface area (Å²) in [5.41, 5.74) is 0.707. The number of halogens is 2. The van der Waals surface area contributed by atoms with Crippen LogP contribution in [0.25, 0.3) is 11.5 Å². The van der Waals surface area contributed by atoms with Crippen LogP contribution in [0.5, 0.6) is 0 Å². The van der Waals surface area contributed by atoms with Gasteiger partial charge in [0, 0.05) is 32.6 Å². The van der Waals surface area contributed by atoms with E-state index in [0.29, 0.717) is 18.0 Å². The quantitative estimate of drug-likeness (QED) is 0.933. The van der Waals surface area contributed by atoms with Crippen molar-refractivity contribution in [2.45, 2.75) is 32.9 Å². The number of aromatic nitrogens is 1. The Hall–Kier alpha value is -2.28. The van der Waals surface area contributed by atoms with Gasteiger partial charge in [0.15, 0.2) is 11.6 Å². The summed E-state index contributed by atoms with van der Waals surface area (Å²) in [5, 5.41) is 2.90. The monoisotopic (exact) mass is 335 g/mol. The molecule has 2 heterocycles. The number of nitrogens with zero attached hydrogens (tertiary/aromatic N) is 2. The molecule has 1 fully saturated rings. The summed E-state index contributed by atoms with van der Waals surface area (Å²) in [7, 11) is 0. The van der Waals surface area contributed by atoms with E-state index in [-0.39, 0.29) is 23.4 Å². The Labute approximate surface area is 138 Å². The van der Waals surface area contributed by atoms with Crippen molar-refractivity contribution in [3.05, 3.63) is 41.3 Å². The highest BCUT2D eigenvalue weighted by atomic mass is 19.2. The number of carbonyl (C=O) groups excluding carboxylic acids is 1. The molecule has 1 aromatic carbocycles. The molecule has 0 aliphatic carbocycles. The van der Waals surface area contributed by atoms with E-state index in [2.05, 4.69) is 15.2 Å². The summed E-state index contributed by atoms with van der Waals surface area (Å²) in [4.78, 5) is 17.6. The van der Waals surface area contributed by atoms with Gasteiger partial charge in [-0.25, -0.2) is 13.8 Å². The van der Waals surface area contributed by atoms with Gasteiger partial charge >= 0.3 is 0 Å². The summed E-state index contributed by atoms with van der Waals surface area (Å²) in [6.07, 6.45) is 0.877. The molecule has 128 valence electrons.